The van der Waals surface area contributed by atoms with E-state index in [2.05, 4.69) is 92.5 Å². The Kier molecular flexibility index (Phi) is 30.9. The molecule has 4 aromatic carbocycles. The molecule has 0 aliphatic carbocycles. The summed E-state index contributed by atoms with van der Waals surface area (Å²) in [5.41, 5.74) is 26.9. The number of pyridine rings is 2. The minimum absolute atomic E-state index is 0.0903. The third-order valence-corrected chi connectivity index (χ3v) is 20.3. The van der Waals surface area contributed by atoms with Crippen LogP contribution in [0.2, 0.25) is 0 Å². The number of carbonyl (C=O) groups excluding carboxylic acids is 6. The summed E-state index contributed by atoms with van der Waals surface area (Å²) < 4.78 is 22.2. The van der Waals surface area contributed by atoms with Gasteiger partial charge in [0.1, 0.15) is 39.5 Å². The normalized spacial score (nSPS) is 12.7. The van der Waals surface area contributed by atoms with Crippen molar-refractivity contribution in [3.8, 4) is 41.8 Å². The van der Waals surface area contributed by atoms with Crippen LogP contribution < -0.4 is 53.2 Å². The molecule has 0 atom stereocenters. The monoisotopic (exact) mass is 1740 g/mol. The van der Waals surface area contributed by atoms with E-state index in [1.165, 1.54) is 57.5 Å². The van der Waals surface area contributed by atoms with Crippen LogP contribution in [0.5, 0.6) is 0 Å². The number of hydrogen-bond acceptors (Lipinski definition) is 29. The molecular weight excluding hydrogens is 1650 g/mol. The van der Waals surface area contributed by atoms with Crippen molar-refractivity contribution < 1.29 is 52.6 Å². The lowest BCUT2D eigenvalue weighted by atomic mass is 10.1. The Morgan fingerprint density at radius 1 is 0.431 bits per heavy atom. The van der Waals surface area contributed by atoms with E-state index in [1.54, 1.807) is 177 Å². The first kappa shape index (κ1) is 88.3. The Balaban J connectivity index is 0.000000179. The number of aromatic nitrogens is 7. The molecule has 2 saturated heterocycles. The molecule has 0 unspecified atom stereocenters. The molecule has 13 rings (SSSR count). The molecule has 116 heavy (non-hydrogen) atoms. The number of ether oxygens (including phenoxy) is 4. The first-order valence-electron chi connectivity index (χ1n) is 36.0. The molecule has 0 bridgehead atoms. The maximum Gasteiger partial charge on any atom is 0.412 e. The Labute approximate surface area is 699 Å². The molecule has 0 radical (unpaired) electrons. The summed E-state index contributed by atoms with van der Waals surface area (Å²) in [4.78, 5) is 123. The molecule has 9 heterocycles. The van der Waals surface area contributed by atoms with Crippen LogP contribution in [-0.4, -0.2) is 156 Å². The highest BCUT2D eigenvalue weighted by Crippen LogP contribution is 2.36. The summed E-state index contributed by atoms with van der Waals surface area (Å²) in [6, 6.07) is 28.1. The molecule has 2 fully saturated rings. The lowest BCUT2D eigenvalue weighted by molar-refractivity contribution is -0.383. The Bertz CT molecular complexity index is 5070. The zero-order chi connectivity index (χ0) is 83.9. The maximum absolute atomic E-state index is 13.2. The second-order valence-electron chi connectivity index (χ2n) is 29.4. The number of nitro benzene ring substituents is 1. The van der Waals surface area contributed by atoms with Crippen LogP contribution in [-0.2, 0) is 18.9 Å². The molecule has 7 aromatic heterocycles. The summed E-state index contributed by atoms with van der Waals surface area (Å²) >= 11 is 10.7. The van der Waals surface area contributed by atoms with Gasteiger partial charge in [0.2, 0.25) is 0 Å². The second-order valence-corrected chi connectivity index (χ2v) is 35.2. The van der Waals surface area contributed by atoms with Gasteiger partial charge in [0.05, 0.1) is 120 Å². The van der Waals surface area contributed by atoms with Crippen LogP contribution in [0.1, 0.15) is 104 Å². The number of nitrogen functional groups attached to an aromatic ring is 2. The SMILES string of the molecule is Brc1cncs1.CC(C)(C)OC(=O)Nc1ccc(-c2cncs2)cc1N.CC(C)(C)OC(=O)Nc1ccc(-c2cncs2)cc1NC(=O)c1ccc(N2CCN(C(=O)OC(C)(C)C)CC2)cn1.CC(C)(C)OC(=O)Nc1ccc(-c2cncs2)cc1[N+](=O)[O-].Nc1ccc(-c2cncs2)cc1NC(=O)c1ccc(N2CCNCC2)cn1. The van der Waals surface area contributed by atoms with Gasteiger partial charge in [-0.2, -0.15) is 0 Å². The molecule has 37 heteroatoms. The number of hydrogen-bond donors (Lipinski definition) is 8. The van der Waals surface area contributed by atoms with E-state index in [4.69, 9.17) is 30.4 Å². The molecule has 0 spiro atoms. The van der Waals surface area contributed by atoms with Crippen LogP contribution in [0.15, 0.2) is 172 Å². The summed E-state index contributed by atoms with van der Waals surface area (Å²) in [7, 11) is 0. The van der Waals surface area contributed by atoms with Crippen molar-refractivity contribution in [2.75, 3.05) is 100 Å². The minimum Gasteiger partial charge on any atom is -0.444 e. The van der Waals surface area contributed by atoms with Crippen molar-refractivity contribution in [3.05, 3.63) is 193 Å². The number of amides is 6. The Morgan fingerprint density at radius 3 is 1.22 bits per heavy atom. The quantitative estimate of drug-likeness (QED) is 0.0217. The van der Waals surface area contributed by atoms with Crippen LogP contribution >= 0.6 is 72.6 Å². The molecule has 0 saturated carbocycles. The largest absolute Gasteiger partial charge is 0.444 e. The van der Waals surface area contributed by atoms with Gasteiger partial charge in [-0.15, -0.1) is 56.7 Å². The smallest absolute Gasteiger partial charge is 0.412 e. The summed E-state index contributed by atoms with van der Waals surface area (Å²) in [6.45, 7) is 27.5. The van der Waals surface area contributed by atoms with Gasteiger partial charge < -0.3 is 61.1 Å². The van der Waals surface area contributed by atoms with E-state index in [0.29, 0.717) is 71.6 Å². The number of thiazole rings is 5. The van der Waals surface area contributed by atoms with Crippen LogP contribution in [0.3, 0.4) is 0 Å². The molecular formula is C79H90BrN19O12S5. The topological polar surface area (TPSA) is 407 Å². The van der Waals surface area contributed by atoms with Crippen molar-refractivity contribution in [2.45, 2.75) is 105 Å². The molecule has 31 nitrogen and oxygen atoms in total. The van der Waals surface area contributed by atoms with E-state index >= 15 is 0 Å². The summed E-state index contributed by atoms with van der Waals surface area (Å²) in [5.74, 6) is -0.713. The number of nitrogens with zero attached hydrogens (tertiary/aromatic N) is 11. The number of nitro groups is 1. The van der Waals surface area contributed by atoms with Gasteiger partial charge in [-0.3, -0.25) is 60.6 Å². The molecule has 11 aromatic rings. The van der Waals surface area contributed by atoms with Gasteiger partial charge in [0.25, 0.3) is 17.5 Å². The second kappa shape index (κ2) is 40.6. The van der Waals surface area contributed by atoms with Gasteiger partial charge in [0, 0.05) is 88.8 Å². The lowest BCUT2D eigenvalue weighted by Gasteiger charge is -2.36. The van der Waals surface area contributed by atoms with E-state index < -0.39 is 51.5 Å². The van der Waals surface area contributed by atoms with Crippen molar-refractivity contribution >= 4 is 166 Å². The highest BCUT2D eigenvalue weighted by Gasteiger charge is 2.28. The van der Waals surface area contributed by atoms with Gasteiger partial charge >= 0.3 is 24.4 Å². The number of anilines is 9. The van der Waals surface area contributed by atoms with Crippen molar-refractivity contribution in [1.82, 2.24) is 45.1 Å². The van der Waals surface area contributed by atoms with Gasteiger partial charge in [0.15, 0.2) is 0 Å². The molecule has 2 aliphatic heterocycles. The van der Waals surface area contributed by atoms with Crippen molar-refractivity contribution in [3.63, 3.8) is 0 Å². The van der Waals surface area contributed by atoms with E-state index in [0.717, 1.165) is 77.5 Å². The highest BCUT2D eigenvalue weighted by atomic mass is 79.9. The van der Waals surface area contributed by atoms with E-state index in [-0.39, 0.29) is 29.1 Å². The zero-order valence-corrected chi connectivity index (χ0v) is 71.4. The molecule has 2 aliphatic rings. The fraction of sp³-hybridized carbons (Fsp3) is 0.304. The standard InChI is InChI=1S/C29H36N6O5S.C19H20N6OS.C14H15N3O4S.C14H17N3O2S.C3H2BrNS/c1-28(2,3)39-26(37)33-21-9-7-19(24-17-30-18-41-24)15-23(21)32-25(36)22-10-8-20(16-31-22)34-11-13-35(14-12-34)27(38)40-29(4,5)6;20-15-3-1-13(18-11-22-12-27-18)9-17(15)24-19(26)16-4-2-14(10-23-16)25-7-5-21-6-8-25;1-14(2,3)21-13(18)16-10-5-4-9(6-11(10)17(19)20)12-7-15-8-22-12;1-14(2,3)19-13(18)17-11-5-4-9(6-10(11)15)12-7-16-8-20-12;4-3-1-5-2-6-3/h7-10,15-18H,11-14H2,1-6H3,(H,32,36)(H,33,37);1-4,9-12,21H,5-8,20H2,(H,24,26);4-8H,1-3H3,(H,16,18);4-8H,15H2,1-3H3,(H,17,18);1-2H. The van der Waals surface area contributed by atoms with Crippen LogP contribution in [0, 0.1) is 10.1 Å². The summed E-state index contributed by atoms with van der Waals surface area (Å²) in [6.07, 6.45) is 9.89. The summed E-state index contributed by atoms with van der Waals surface area (Å²) in [5, 5.41) is 28.0. The van der Waals surface area contributed by atoms with E-state index in [1.807, 2.05) is 77.9 Å². The predicted molar refractivity (Wildman–Crippen MR) is 465 cm³/mol. The number of piperazine rings is 2. The van der Waals surface area contributed by atoms with Crippen molar-refractivity contribution in [2.24, 2.45) is 0 Å². The molecule has 10 N–H and O–H groups in total. The van der Waals surface area contributed by atoms with Gasteiger partial charge in [-0.1, -0.05) is 24.3 Å². The number of benzene rings is 4. The zero-order valence-electron chi connectivity index (χ0n) is 65.7. The lowest BCUT2D eigenvalue weighted by Crippen LogP contribution is -2.50. The number of rotatable bonds is 14. The third-order valence-electron chi connectivity index (χ3n) is 15.7. The average Bonchev–Trinajstić information content (AvgIpc) is 2.01. The maximum atomic E-state index is 13.2. The van der Waals surface area contributed by atoms with Crippen molar-refractivity contribution in [1.29, 1.82) is 0 Å². The number of carbonyl (C=O) groups is 6. The fourth-order valence-electron chi connectivity index (χ4n) is 10.6. The number of halogens is 1. The predicted octanol–water partition coefficient (Wildman–Crippen LogP) is 18.0. The van der Waals surface area contributed by atoms with Gasteiger partial charge in [-0.25, -0.2) is 29.1 Å². The van der Waals surface area contributed by atoms with Crippen LogP contribution in [0.25, 0.3) is 41.8 Å². The Morgan fingerprint density at radius 2 is 0.819 bits per heavy atom. The Hall–Kier alpha value is -11.6. The first-order valence-corrected chi connectivity index (χ1v) is 41.2. The van der Waals surface area contributed by atoms with Gasteiger partial charge in [-0.05, 0) is 182 Å². The fourth-order valence-corrected chi connectivity index (χ4v) is 13.8. The first-order chi connectivity index (χ1) is 55.0. The van der Waals surface area contributed by atoms with E-state index in [9.17, 15) is 38.9 Å². The highest BCUT2D eigenvalue weighted by molar-refractivity contribution is 9.11. The molecule has 6 amide bonds. The number of nitrogens with two attached hydrogens (primary N) is 2. The average molecular weight is 1740 g/mol. The van der Waals surface area contributed by atoms with Crippen LogP contribution in [0.4, 0.5) is 76.1 Å². The number of nitrogens with one attached hydrogen (secondary N) is 6. The molecule has 610 valence electrons. The third kappa shape index (κ3) is 28.1. The minimum atomic E-state index is -0.735.